The van der Waals surface area contributed by atoms with Crippen molar-refractivity contribution in [3.05, 3.63) is 36.0 Å². The molecular formula is C13H16N2O2. The van der Waals surface area contributed by atoms with Crippen LogP contribution in [0.15, 0.2) is 30.5 Å². The minimum atomic E-state index is -0.0902. The Bertz CT molecular complexity index is 510. The van der Waals surface area contributed by atoms with Gasteiger partial charge in [0.2, 0.25) is 0 Å². The number of methoxy groups -OCH3 is 1. The Morgan fingerprint density at radius 3 is 2.88 bits per heavy atom. The summed E-state index contributed by atoms with van der Waals surface area (Å²) < 4.78 is 5.28. The van der Waals surface area contributed by atoms with E-state index in [9.17, 15) is 5.11 Å². The van der Waals surface area contributed by atoms with Crippen molar-refractivity contribution in [2.75, 3.05) is 20.8 Å². The fourth-order valence-corrected chi connectivity index (χ4v) is 1.98. The molecular weight excluding hydrogens is 216 g/mol. The number of fused-ring (bicyclic) bond motifs is 1. The molecule has 90 valence electrons. The van der Waals surface area contributed by atoms with Crippen molar-refractivity contribution in [3.8, 4) is 5.75 Å². The van der Waals surface area contributed by atoms with Crippen molar-refractivity contribution in [3.63, 3.8) is 0 Å². The van der Waals surface area contributed by atoms with Gasteiger partial charge in [-0.2, -0.15) is 0 Å². The average molecular weight is 232 g/mol. The van der Waals surface area contributed by atoms with Crippen LogP contribution in [0.5, 0.6) is 5.75 Å². The van der Waals surface area contributed by atoms with Crippen LogP contribution in [0, 0.1) is 0 Å². The molecule has 4 nitrogen and oxygen atoms in total. The lowest BCUT2D eigenvalue weighted by molar-refractivity contribution is 0.251. The van der Waals surface area contributed by atoms with E-state index >= 15 is 0 Å². The van der Waals surface area contributed by atoms with Crippen molar-refractivity contribution in [1.29, 1.82) is 0 Å². The third-order valence-electron chi connectivity index (χ3n) is 2.89. The first-order valence-corrected chi connectivity index (χ1v) is 5.51. The van der Waals surface area contributed by atoms with E-state index in [0.717, 1.165) is 22.2 Å². The Balaban J connectivity index is 2.66. The molecule has 0 radical (unpaired) electrons. The molecule has 0 fully saturated rings. The topological polar surface area (TPSA) is 54.4 Å². The smallest absolute Gasteiger partial charge is 0.145 e. The second-order valence-electron chi connectivity index (χ2n) is 3.78. The monoisotopic (exact) mass is 232 g/mol. The summed E-state index contributed by atoms with van der Waals surface area (Å²) >= 11 is 0. The fourth-order valence-electron chi connectivity index (χ4n) is 1.98. The summed E-state index contributed by atoms with van der Waals surface area (Å²) in [6.45, 7) is 0.0484. The van der Waals surface area contributed by atoms with Gasteiger partial charge in [-0.1, -0.05) is 12.1 Å². The van der Waals surface area contributed by atoms with E-state index in [-0.39, 0.29) is 12.6 Å². The molecule has 1 aromatic carbocycles. The normalized spacial score (nSPS) is 12.6. The van der Waals surface area contributed by atoms with Crippen LogP contribution < -0.4 is 10.1 Å². The van der Waals surface area contributed by atoms with Crippen LogP contribution in [-0.4, -0.2) is 30.9 Å². The number of hydrogen-bond donors (Lipinski definition) is 2. The maximum atomic E-state index is 9.35. The van der Waals surface area contributed by atoms with Crippen LogP contribution in [0.1, 0.15) is 11.6 Å². The van der Waals surface area contributed by atoms with Gasteiger partial charge in [0.05, 0.1) is 19.8 Å². The molecule has 1 aromatic heterocycles. The van der Waals surface area contributed by atoms with Gasteiger partial charge >= 0.3 is 0 Å². The van der Waals surface area contributed by atoms with Crippen molar-refractivity contribution < 1.29 is 9.84 Å². The zero-order valence-corrected chi connectivity index (χ0v) is 9.97. The number of likely N-dealkylation sites (N-methyl/N-ethyl adjacent to an activating group) is 1. The van der Waals surface area contributed by atoms with Crippen LogP contribution in [0.25, 0.3) is 10.9 Å². The molecule has 0 aliphatic rings. The maximum Gasteiger partial charge on any atom is 0.145 e. The van der Waals surface area contributed by atoms with E-state index in [2.05, 4.69) is 10.3 Å². The Labute approximate surface area is 100 Å². The molecule has 0 aliphatic heterocycles. The number of rotatable bonds is 4. The van der Waals surface area contributed by atoms with Gasteiger partial charge in [-0.3, -0.25) is 4.98 Å². The zero-order valence-electron chi connectivity index (χ0n) is 9.97. The van der Waals surface area contributed by atoms with Crippen molar-refractivity contribution in [2.24, 2.45) is 0 Å². The molecule has 1 heterocycles. The number of pyridine rings is 1. The predicted molar refractivity (Wildman–Crippen MR) is 67.2 cm³/mol. The number of aromatic nitrogens is 1. The lowest BCUT2D eigenvalue weighted by Crippen LogP contribution is -2.20. The highest BCUT2D eigenvalue weighted by molar-refractivity contribution is 5.87. The average Bonchev–Trinajstić information content (AvgIpc) is 2.40. The van der Waals surface area contributed by atoms with E-state index in [0.29, 0.717) is 0 Å². The molecule has 0 saturated carbocycles. The van der Waals surface area contributed by atoms with Crippen LogP contribution in [-0.2, 0) is 0 Å². The van der Waals surface area contributed by atoms with E-state index < -0.39 is 0 Å². The maximum absolute atomic E-state index is 9.35. The first-order chi connectivity index (χ1) is 8.31. The predicted octanol–water partition coefficient (Wildman–Crippen LogP) is 1.50. The summed E-state index contributed by atoms with van der Waals surface area (Å²) in [7, 11) is 3.46. The SMILES string of the molecule is CN[C@H](CO)c1ccc(OC)c2ncccc12. The van der Waals surface area contributed by atoms with Gasteiger partial charge in [0.1, 0.15) is 11.3 Å². The van der Waals surface area contributed by atoms with Gasteiger partial charge in [-0.15, -0.1) is 0 Å². The highest BCUT2D eigenvalue weighted by Gasteiger charge is 2.13. The van der Waals surface area contributed by atoms with Crippen LogP contribution in [0.3, 0.4) is 0 Å². The second kappa shape index (κ2) is 5.12. The summed E-state index contributed by atoms with van der Waals surface area (Å²) in [5.41, 5.74) is 1.85. The van der Waals surface area contributed by atoms with Gasteiger partial charge in [-0.25, -0.2) is 0 Å². The molecule has 0 amide bonds. The molecule has 4 heteroatoms. The third kappa shape index (κ3) is 2.09. The summed E-state index contributed by atoms with van der Waals surface area (Å²) in [4.78, 5) is 4.33. The minimum absolute atomic E-state index is 0.0484. The second-order valence-corrected chi connectivity index (χ2v) is 3.78. The molecule has 2 N–H and O–H groups in total. The van der Waals surface area contributed by atoms with Crippen molar-refractivity contribution in [1.82, 2.24) is 10.3 Å². The fraction of sp³-hybridized carbons (Fsp3) is 0.308. The minimum Gasteiger partial charge on any atom is -0.494 e. The van der Waals surface area contributed by atoms with Crippen LogP contribution in [0.2, 0.25) is 0 Å². The van der Waals surface area contributed by atoms with Crippen LogP contribution >= 0.6 is 0 Å². The molecule has 1 atom stereocenters. The molecule has 0 saturated heterocycles. The summed E-state index contributed by atoms with van der Waals surface area (Å²) in [6.07, 6.45) is 1.74. The number of benzene rings is 1. The lowest BCUT2D eigenvalue weighted by atomic mass is 10.0. The van der Waals surface area contributed by atoms with Gasteiger partial charge in [0.25, 0.3) is 0 Å². The van der Waals surface area contributed by atoms with Gasteiger partial charge in [0.15, 0.2) is 0 Å². The Kier molecular flexibility index (Phi) is 3.56. The third-order valence-corrected chi connectivity index (χ3v) is 2.89. The van der Waals surface area contributed by atoms with Crippen LogP contribution in [0.4, 0.5) is 0 Å². The number of aliphatic hydroxyl groups is 1. The summed E-state index contributed by atoms with van der Waals surface area (Å²) in [6, 6.07) is 7.62. The number of aliphatic hydroxyl groups excluding tert-OH is 1. The standard InChI is InChI=1S/C13H16N2O2/c1-14-11(8-16)9-5-6-12(17-2)13-10(9)4-3-7-15-13/h3-7,11,14,16H,8H2,1-2H3/t11-/m1/s1. The number of hydrogen-bond acceptors (Lipinski definition) is 4. The van der Waals surface area contributed by atoms with Gasteiger partial charge in [-0.05, 0) is 24.7 Å². The Hall–Kier alpha value is -1.65. The summed E-state index contributed by atoms with van der Waals surface area (Å²) in [5, 5.41) is 13.4. The highest BCUT2D eigenvalue weighted by atomic mass is 16.5. The number of nitrogens with zero attached hydrogens (tertiary/aromatic N) is 1. The van der Waals surface area contributed by atoms with E-state index in [1.807, 2.05) is 31.3 Å². The van der Waals surface area contributed by atoms with E-state index in [1.54, 1.807) is 13.3 Å². The highest BCUT2D eigenvalue weighted by Crippen LogP contribution is 2.29. The molecule has 2 aromatic rings. The molecule has 0 unspecified atom stereocenters. The Morgan fingerprint density at radius 1 is 1.41 bits per heavy atom. The summed E-state index contributed by atoms with van der Waals surface area (Å²) in [5.74, 6) is 0.747. The van der Waals surface area contributed by atoms with Crippen molar-refractivity contribution >= 4 is 10.9 Å². The molecule has 0 aliphatic carbocycles. The molecule has 0 bridgehead atoms. The van der Waals surface area contributed by atoms with Crippen molar-refractivity contribution in [2.45, 2.75) is 6.04 Å². The first kappa shape index (κ1) is 11.8. The molecule has 0 spiro atoms. The number of ether oxygens (including phenoxy) is 1. The number of nitrogens with one attached hydrogen (secondary N) is 1. The zero-order chi connectivity index (χ0) is 12.3. The largest absolute Gasteiger partial charge is 0.494 e. The quantitative estimate of drug-likeness (QED) is 0.838. The molecule has 17 heavy (non-hydrogen) atoms. The Morgan fingerprint density at radius 2 is 2.24 bits per heavy atom. The lowest BCUT2D eigenvalue weighted by Gasteiger charge is -2.16. The van der Waals surface area contributed by atoms with Gasteiger partial charge < -0.3 is 15.2 Å². The first-order valence-electron chi connectivity index (χ1n) is 5.51. The van der Waals surface area contributed by atoms with Gasteiger partial charge in [0, 0.05) is 11.6 Å². The molecule has 2 rings (SSSR count). The van der Waals surface area contributed by atoms with E-state index in [4.69, 9.17) is 4.74 Å². The van der Waals surface area contributed by atoms with E-state index in [1.165, 1.54) is 0 Å².